The van der Waals surface area contributed by atoms with Crippen LogP contribution in [0.1, 0.15) is 32.2 Å². The van der Waals surface area contributed by atoms with Crippen LogP contribution in [0.2, 0.25) is 0 Å². The summed E-state index contributed by atoms with van der Waals surface area (Å²) in [5.41, 5.74) is 2.87. The van der Waals surface area contributed by atoms with Gasteiger partial charge in [-0.3, -0.25) is 4.79 Å². The average Bonchev–Trinajstić information content (AvgIpc) is 3.14. The quantitative estimate of drug-likeness (QED) is 0.773. The smallest absolute Gasteiger partial charge is 0.237 e. The average molecular weight is 375 g/mol. The number of thioether (sulfide) groups is 1. The minimum absolute atomic E-state index is 0.0664. The van der Waals surface area contributed by atoms with Crippen LogP contribution >= 0.6 is 11.8 Å². The molecule has 1 aromatic heterocycles. The Bertz CT molecular complexity index is 817. The molecule has 0 aliphatic carbocycles. The summed E-state index contributed by atoms with van der Waals surface area (Å²) < 4.78 is 12.8. The number of rotatable bonds is 6. The van der Waals surface area contributed by atoms with Gasteiger partial charge in [-0.15, -0.1) is 0 Å². The lowest BCUT2D eigenvalue weighted by atomic mass is 10.2. The molecule has 1 atom stereocenters. The number of nitrogens with one attached hydrogen (secondary N) is 1. The number of carbonyl (C=O) groups is 1. The molecule has 0 fully saturated rings. The highest BCUT2D eigenvalue weighted by molar-refractivity contribution is 8.00. The van der Waals surface area contributed by atoms with E-state index in [-0.39, 0.29) is 18.0 Å². The number of ether oxygens (including phenoxy) is 2. The molecule has 0 bridgehead atoms. The molecule has 2 aromatic rings. The summed E-state index contributed by atoms with van der Waals surface area (Å²) in [5, 5.41) is 3.56. The van der Waals surface area contributed by atoms with E-state index >= 15 is 0 Å². The van der Waals surface area contributed by atoms with Crippen molar-refractivity contribution in [3.63, 3.8) is 0 Å². The lowest BCUT2D eigenvalue weighted by Gasteiger charge is -2.15. The van der Waals surface area contributed by atoms with E-state index in [9.17, 15) is 4.79 Å². The molecule has 0 saturated carbocycles. The maximum atomic E-state index is 12.6. The zero-order chi connectivity index (χ0) is 18.8. The summed E-state index contributed by atoms with van der Waals surface area (Å²) in [6.07, 6.45) is 0. The fraction of sp³-hybridized carbons (Fsp3) is 0.474. The lowest BCUT2D eigenvalue weighted by Crippen LogP contribution is -2.23. The Kier molecular flexibility index (Phi) is 5.46. The molecule has 1 amide bonds. The fourth-order valence-corrected chi connectivity index (χ4v) is 3.73. The standard InChI is InChI=1S/C19H25N3O3S/c1-11(2)9-22-13(4)12(3)20-19(22)26-14(5)18(23)21-15-6-7-16-17(8-15)25-10-24-16/h6-8,11,14H,9-10H2,1-5H3,(H,21,23). The Morgan fingerprint density at radius 2 is 2.00 bits per heavy atom. The minimum Gasteiger partial charge on any atom is -0.454 e. The van der Waals surface area contributed by atoms with Gasteiger partial charge in [-0.1, -0.05) is 25.6 Å². The number of fused-ring (bicyclic) bond motifs is 1. The van der Waals surface area contributed by atoms with E-state index in [0.29, 0.717) is 23.1 Å². The lowest BCUT2D eigenvalue weighted by molar-refractivity contribution is -0.115. The molecule has 0 saturated heterocycles. The van der Waals surface area contributed by atoms with Crippen molar-refractivity contribution in [1.29, 1.82) is 0 Å². The predicted molar refractivity (Wildman–Crippen MR) is 103 cm³/mol. The van der Waals surface area contributed by atoms with Crippen molar-refractivity contribution in [3.05, 3.63) is 29.6 Å². The molecule has 6 nitrogen and oxygen atoms in total. The summed E-state index contributed by atoms with van der Waals surface area (Å²) in [4.78, 5) is 17.3. The maximum Gasteiger partial charge on any atom is 0.237 e. The summed E-state index contributed by atoms with van der Waals surface area (Å²) in [6.45, 7) is 11.4. The molecule has 3 rings (SSSR count). The molecule has 1 aliphatic rings. The van der Waals surface area contributed by atoms with Crippen LogP contribution in [0.5, 0.6) is 11.5 Å². The van der Waals surface area contributed by atoms with Gasteiger partial charge < -0.3 is 19.4 Å². The second-order valence-corrected chi connectivity index (χ2v) is 8.19. The number of aromatic nitrogens is 2. The summed E-state index contributed by atoms with van der Waals surface area (Å²) in [7, 11) is 0. The van der Waals surface area contributed by atoms with Gasteiger partial charge in [-0.25, -0.2) is 4.98 Å². The molecule has 2 heterocycles. The molecule has 1 aliphatic heterocycles. The number of imidazole rings is 1. The SMILES string of the molecule is Cc1nc(SC(C)C(=O)Nc2ccc3c(c2)OCO3)n(CC(C)C)c1C. The number of carbonyl (C=O) groups excluding carboxylic acids is 1. The van der Waals surface area contributed by atoms with Gasteiger partial charge in [-0.2, -0.15) is 0 Å². The zero-order valence-electron chi connectivity index (χ0n) is 15.8. The molecule has 1 N–H and O–H groups in total. The normalized spacial score (nSPS) is 13.9. The number of benzene rings is 1. The van der Waals surface area contributed by atoms with E-state index in [4.69, 9.17) is 9.47 Å². The van der Waals surface area contributed by atoms with E-state index in [0.717, 1.165) is 23.1 Å². The van der Waals surface area contributed by atoms with Gasteiger partial charge in [0.15, 0.2) is 16.7 Å². The van der Waals surface area contributed by atoms with Crippen LogP contribution < -0.4 is 14.8 Å². The predicted octanol–water partition coefficient (Wildman–Crippen LogP) is 4.00. The number of nitrogens with zero attached hydrogens (tertiary/aromatic N) is 2. The van der Waals surface area contributed by atoms with Crippen molar-refractivity contribution in [2.24, 2.45) is 5.92 Å². The van der Waals surface area contributed by atoms with Crippen LogP contribution in [0.15, 0.2) is 23.4 Å². The Labute approximate surface area is 158 Å². The number of hydrogen-bond donors (Lipinski definition) is 1. The summed E-state index contributed by atoms with van der Waals surface area (Å²) >= 11 is 1.48. The topological polar surface area (TPSA) is 65.4 Å². The second kappa shape index (κ2) is 7.61. The number of hydrogen-bond acceptors (Lipinski definition) is 5. The highest BCUT2D eigenvalue weighted by Gasteiger charge is 2.21. The molecular formula is C19H25N3O3S. The van der Waals surface area contributed by atoms with Crippen LogP contribution in [-0.4, -0.2) is 27.5 Å². The number of anilines is 1. The largest absolute Gasteiger partial charge is 0.454 e. The van der Waals surface area contributed by atoms with Crippen molar-refractivity contribution in [1.82, 2.24) is 9.55 Å². The van der Waals surface area contributed by atoms with Crippen LogP contribution in [0, 0.1) is 19.8 Å². The zero-order valence-corrected chi connectivity index (χ0v) is 16.6. The molecule has 7 heteroatoms. The molecule has 1 unspecified atom stereocenters. The van der Waals surface area contributed by atoms with Crippen LogP contribution in [0.4, 0.5) is 5.69 Å². The Balaban J connectivity index is 1.69. The van der Waals surface area contributed by atoms with E-state index in [2.05, 4.69) is 35.6 Å². The van der Waals surface area contributed by atoms with Gasteiger partial charge in [0.1, 0.15) is 0 Å². The van der Waals surface area contributed by atoms with Gasteiger partial charge >= 0.3 is 0 Å². The molecule has 1 aromatic carbocycles. The molecular weight excluding hydrogens is 350 g/mol. The van der Waals surface area contributed by atoms with Gasteiger partial charge in [0.05, 0.1) is 10.9 Å². The van der Waals surface area contributed by atoms with Crippen LogP contribution in [-0.2, 0) is 11.3 Å². The highest BCUT2D eigenvalue weighted by Crippen LogP contribution is 2.34. The second-order valence-electron chi connectivity index (χ2n) is 6.89. The third kappa shape index (κ3) is 3.98. The monoisotopic (exact) mass is 375 g/mol. The number of aryl methyl sites for hydroxylation is 1. The number of amides is 1. The first-order chi connectivity index (χ1) is 12.3. The Morgan fingerprint density at radius 1 is 1.27 bits per heavy atom. The summed E-state index contributed by atoms with van der Waals surface area (Å²) in [6, 6.07) is 5.40. The Hall–Kier alpha value is -2.15. The van der Waals surface area contributed by atoms with Gasteiger partial charge in [0, 0.05) is 24.0 Å². The summed E-state index contributed by atoms with van der Waals surface area (Å²) in [5.74, 6) is 1.80. The van der Waals surface area contributed by atoms with Gasteiger partial charge in [-0.05, 0) is 38.8 Å². The van der Waals surface area contributed by atoms with Crippen LogP contribution in [0.25, 0.3) is 0 Å². The van der Waals surface area contributed by atoms with Crippen molar-refractivity contribution >= 4 is 23.4 Å². The van der Waals surface area contributed by atoms with Crippen molar-refractivity contribution in [2.45, 2.75) is 51.6 Å². The minimum atomic E-state index is -0.271. The first-order valence-electron chi connectivity index (χ1n) is 8.76. The van der Waals surface area contributed by atoms with Gasteiger partial charge in [0.25, 0.3) is 0 Å². The third-order valence-corrected chi connectivity index (χ3v) is 5.35. The van der Waals surface area contributed by atoms with Crippen molar-refractivity contribution < 1.29 is 14.3 Å². The van der Waals surface area contributed by atoms with Crippen molar-refractivity contribution in [2.75, 3.05) is 12.1 Å². The molecule has 140 valence electrons. The maximum absolute atomic E-state index is 12.6. The van der Waals surface area contributed by atoms with E-state index in [1.807, 2.05) is 19.9 Å². The fourth-order valence-electron chi connectivity index (χ4n) is 2.72. The molecule has 0 spiro atoms. The third-order valence-electron chi connectivity index (χ3n) is 4.26. The van der Waals surface area contributed by atoms with E-state index < -0.39 is 0 Å². The molecule has 0 radical (unpaired) electrons. The van der Waals surface area contributed by atoms with Crippen molar-refractivity contribution in [3.8, 4) is 11.5 Å². The first-order valence-corrected chi connectivity index (χ1v) is 9.64. The van der Waals surface area contributed by atoms with E-state index in [1.165, 1.54) is 11.8 Å². The van der Waals surface area contributed by atoms with Crippen LogP contribution in [0.3, 0.4) is 0 Å². The van der Waals surface area contributed by atoms with Gasteiger partial charge in [0.2, 0.25) is 12.7 Å². The molecule has 26 heavy (non-hydrogen) atoms. The first kappa shape index (κ1) is 18.6. The van der Waals surface area contributed by atoms with E-state index in [1.54, 1.807) is 12.1 Å². The highest BCUT2D eigenvalue weighted by atomic mass is 32.2. The Morgan fingerprint density at radius 3 is 2.73 bits per heavy atom.